The highest BCUT2D eigenvalue weighted by molar-refractivity contribution is 5.96. The second-order valence-corrected chi connectivity index (χ2v) is 12.4. The van der Waals surface area contributed by atoms with Gasteiger partial charge < -0.3 is 48.5 Å². The summed E-state index contributed by atoms with van der Waals surface area (Å²) in [5.74, 6) is -4.18. The summed E-state index contributed by atoms with van der Waals surface area (Å²) in [6, 6.07) is -5.94. The predicted molar refractivity (Wildman–Crippen MR) is 168 cm³/mol. The predicted octanol–water partition coefficient (Wildman–Crippen LogP) is -1.49. The lowest BCUT2D eigenvalue weighted by molar-refractivity contribution is -0.143. The Hall–Kier alpha value is -3.95. The molecular weight excluding hydrogens is 586 g/mol. The van der Waals surface area contributed by atoms with Gasteiger partial charge in [0.2, 0.25) is 29.5 Å². The topological polar surface area (TPSA) is 264 Å². The molecule has 45 heavy (non-hydrogen) atoms. The first-order valence-corrected chi connectivity index (χ1v) is 15.5. The Kier molecular flexibility index (Phi) is 16.3. The van der Waals surface area contributed by atoms with E-state index in [0.29, 0.717) is 19.3 Å². The van der Waals surface area contributed by atoms with Crippen molar-refractivity contribution >= 4 is 41.5 Å². The molecule has 1 saturated heterocycles. The van der Waals surface area contributed by atoms with Crippen molar-refractivity contribution in [2.75, 3.05) is 13.1 Å². The maximum atomic E-state index is 13.6. The molecule has 0 radical (unpaired) electrons. The number of carboxylic acids is 1. The Morgan fingerprint density at radius 1 is 0.822 bits per heavy atom. The van der Waals surface area contributed by atoms with Crippen LogP contribution < -0.4 is 38.5 Å². The van der Waals surface area contributed by atoms with Crippen LogP contribution in [0, 0.1) is 11.8 Å². The normalized spacial score (nSPS) is 17.9. The summed E-state index contributed by atoms with van der Waals surface area (Å²) in [6.07, 6.45) is 1.72. The number of guanidine groups is 1. The molecular formula is C29H53N9O7. The van der Waals surface area contributed by atoms with Crippen molar-refractivity contribution in [1.29, 1.82) is 0 Å². The zero-order valence-electron chi connectivity index (χ0n) is 27.3. The SMILES string of the molecule is CC(C)C[C@H](NC(=O)[C@H](CC(C)C)NC(=O)[C@H](CCCN=C(N)N)NC(=O)[C@@H]1CCCN1C(=O)[C@H](C)NC(=O)[C@H](C)N)C(=O)O. The number of nitrogens with one attached hydrogen (secondary N) is 4. The first kappa shape index (κ1) is 39.1. The molecule has 1 fully saturated rings. The van der Waals surface area contributed by atoms with Gasteiger partial charge in [0.25, 0.3) is 0 Å². The molecule has 1 aliphatic rings. The van der Waals surface area contributed by atoms with Crippen LogP contribution >= 0.6 is 0 Å². The molecule has 5 amide bonds. The van der Waals surface area contributed by atoms with E-state index in [0.717, 1.165) is 0 Å². The first-order valence-electron chi connectivity index (χ1n) is 15.5. The summed E-state index contributed by atoms with van der Waals surface area (Å²) in [4.78, 5) is 82.4. The second-order valence-electron chi connectivity index (χ2n) is 12.4. The lowest BCUT2D eigenvalue weighted by Crippen LogP contribution is -2.58. The maximum Gasteiger partial charge on any atom is 0.326 e. The average molecular weight is 640 g/mol. The molecule has 0 aromatic carbocycles. The molecule has 6 atom stereocenters. The third-order valence-electron chi connectivity index (χ3n) is 7.22. The molecule has 0 aromatic heterocycles. The van der Waals surface area contributed by atoms with Crippen molar-refractivity contribution in [2.45, 2.75) is 116 Å². The fourth-order valence-electron chi connectivity index (χ4n) is 4.94. The number of aliphatic carboxylic acids is 1. The number of rotatable bonds is 18. The number of amides is 5. The molecule has 1 aliphatic heterocycles. The molecule has 16 nitrogen and oxygen atoms in total. The number of likely N-dealkylation sites (tertiary alicyclic amines) is 1. The Labute approximate surface area is 265 Å². The molecule has 11 N–H and O–H groups in total. The number of nitrogens with two attached hydrogens (primary N) is 3. The molecule has 0 bridgehead atoms. The van der Waals surface area contributed by atoms with Crippen LogP contribution in [-0.4, -0.2) is 101 Å². The van der Waals surface area contributed by atoms with Crippen molar-refractivity contribution in [3.8, 4) is 0 Å². The maximum absolute atomic E-state index is 13.6. The molecule has 1 heterocycles. The highest BCUT2D eigenvalue weighted by atomic mass is 16.4. The Morgan fingerprint density at radius 3 is 1.91 bits per heavy atom. The molecule has 0 saturated carbocycles. The molecule has 1 rings (SSSR count). The summed E-state index contributed by atoms with van der Waals surface area (Å²) in [5, 5.41) is 20.1. The lowest BCUT2D eigenvalue weighted by Gasteiger charge is -2.29. The van der Waals surface area contributed by atoms with Gasteiger partial charge >= 0.3 is 5.97 Å². The number of aliphatic imine (C=N–C) groups is 1. The van der Waals surface area contributed by atoms with Gasteiger partial charge in [-0.25, -0.2) is 4.79 Å². The Bertz CT molecular complexity index is 1080. The third kappa shape index (κ3) is 13.7. The number of hydrogen-bond acceptors (Lipinski definition) is 8. The van der Waals surface area contributed by atoms with E-state index < -0.39 is 71.8 Å². The number of nitrogens with zero attached hydrogens (tertiary/aromatic N) is 2. The van der Waals surface area contributed by atoms with Gasteiger partial charge in [0.15, 0.2) is 5.96 Å². The summed E-state index contributed by atoms with van der Waals surface area (Å²) in [5.41, 5.74) is 16.4. The van der Waals surface area contributed by atoms with Crippen LogP contribution in [0.5, 0.6) is 0 Å². The van der Waals surface area contributed by atoms with E-state index >= 15 is 0 Å². The molecule has 0 aromatic rings. The van der Waals surface area contributed by atoms with E-state index in [1.807, 2.05) is 27.7 Å². The zero-order chi connectivity index (χ0) is 34.4. The average Bonchev–Trinajstić information content (AvgIpc) is 3.42. The fraction of sp³-hybridized carbons (Fsp3) is 0.759. The van der Waals surface area contributed by atoms with Crippen LogP contribution in [-0.2, 0) is 28.8 Å². The van der Waals surface area contributed by atoms with E-state index in [9.17, 15) is 33.9 Å². The summed E-state index contributed by atoms with van der Waals surface area (Å²) in [7, 11) is 0. The quantitative estimate of drug-likeness (QED) is 0.0489. The monoisotopic (exact) mass is 639 g/mol. The van der Waals surface area contributed by atoms with Gasteiger partial charge in [0.05, 0.1) is 6.04 Å². The molecule has 0 unspecified atom stereocenters. The van der Waals surface area contributed by atoms with E-state index in [1.165, 1.54) is 18.7 Å². The summed E-state index contributed by atoms with van der Waals surface area (Å²) in [6.45, 7) is 10.8. The minimum absolute atomic E-state index is 0.000127. The third-order valence-corrected chi connectivity index (χ3v) is 7.22. The summed E-state index contributed by atoms with van der Waals surface area (Å²) >= 11 is 0. The number of carbonyl (C=O) groups excluding carboxylic acids is 5. The van der Waals surface area contributed by atoms with Gasteiger partial charge in [-0.2, -0.15) is 0 Å². The van der Waals surface area contributed by atoms with Crippen molar-refractivity contribution < 1.29 is 33.9 Å². The van der Waals surface area contributed by atoms with Gasteiger partial charge in [0.1, 0.15) is 30.2 Å². The Balaban J connectivity index is 3.15. The fourth-order valence-corrected chi connectivity index (χ4v) is 4.94. The highest BCUT2D eigenvalue weighted by Crippen LogP contribution is 2.19. The number of carboxylic acid groups (broad SMARTS) is 1. The van der Waals surface area contributed by atoms with Crippen molar-refractivity contribution in [3.05, 3.63) is 0 Å². The number of hydrogen-bond donors (Lipinski definition) is 8. The van der Waals surface area contributed by atoms with E-state index in [4.69, 9.17) is 17.2 Å². The van der Waals surface area contributed by atoms with Crippen LogP contribution in [0.4, 0.5) is 0 Å². The van der Waals surface area contributed by atoms with Crippen molar-refractivity contribution in [2.24, 2.45) is 34.0 Å². The van der Waals surface area contributed by atoms with Gasteiger partial charge in [-0.15, -0.1) is 0 Å². The van der Waals surface area contributed by atoms with Crippen molar-refractivity contribution in [3.63, 3.8) is 0 Å². The van der Waals surface area contributed by atoms with Crippen LogP contribution in [0.2, 0.25) is 0 Å². The first-order chi connectivity index (χ1) is 20.9. The van der Waals surface area contributed by atoms with E-state index in [2.05, 4.69) is 26.3 Å². The largest absolute Gasteiger partial charge is 0.480 e. The Morgan fingerprint density at radius 2 is 1.38 bits per heavy atom. The zero-order valence-corrected chi connectivity index (χ0v) is 27.3. The molecule has 256 valence electrons. The van der Waals surface area contributed by atoms with Crippen LogP contribution in [0.15, 0.2) is 4.99 Å². The smallest absolute Gasteiger partial charge is 0.326 e. The van der Waals surface area contributed by atoms with Crippen molar-refractivity contribution in [1.82, 2.24) is 26.2 Å². The van der Waals surface area contributed by atoms with Crippen LogP contribution in [0.1, 0.15) is 80.1 Å². The molecule has 16 heteroatoms. The van der Waals surface area contributed by atoms with Crippen LogP contribution in [0.3, 0.4) is 0 Å². The summed E-state index contributed by atoms with van der Waals surface area (Å²) < 4.78 is 0. The van der Waals surface area contributed by atoms with Gasteiger partial charge in [-0.1, -0.05) is 27.7 Å². The van der Waals surface area contributed by atoms with Gasteiger partial charge in [0, 0.05) is 13.1 Å². The molecule has 0 spiro atoms. The molecule has 0 aliphatic carbocycles. The lowest BCUT2D eigenvalue weighted by atomic mass is 10.00. The van der Waals surface area contributed by atoms with E-state index in [1.54, 1.807) is 0 Å². The minimum atomic E-state index is -1.18. The van der Waals surface area contributed by atoms with E-state index in [-0.39, 0.29) is 50.1 Å². The standard InChI is InChI=1S/C29H53N9O7/c1-15(2)13-20(25(41)37-21(28(44)45)14-16(3)4)36-24(40)19(9-7-11-33-29(31)32)35-26(42)22-10-8-12-38(22)27(43)18(6)34-23(39)17(5)30/h15-22H,7-14,30H2,1-6H3,(H,34,39)(H,35,42)(H,36,40)(H,37,41)(H,44,45)(H4,31,32,33)/t17-,18-,19-,20-,21-,22-/m0/s1. The van der Waals surface area contributed by atoms with Gasteiger partial charge in [-0.3, -0.25) is 29.0 Å². The number of carbonyl (C=O) groups is 6. The van der Waals surface area contributed by atoms with Gasteiger partial charge in [-0.05, 0) is 64.2 Å². The second kappa shape index (κ2) is 18.8. The minimum Gasteiger partial charge on any atom is -0.480 e. The van der Waals surface area contributed by atoms with Crippen LogP contribution in [0.25, 0.3) is 0 Å². The highest BCUT2D eigenvalue weighted by Gasteiger charge is 2.38.